The fourth-order valence-electron chi connectivity index (χ4n) is 1.97. The molecule has 0 atom stereocenters. The van der Waals surface area contributed by atoms with E-state index in [9.17, 15) is 4.79 Å². The van der Waals surface area contributed by atoms with Crippen LogP contribution in [0, 0.1) is 0 Å². The molecule has 0 aliphatic carbocycles. The van der Waals surface area contributed by atoms with Crippen LogP contribution in [-0.2, 0) is 4.79 Å². The van der Waals surface area contributed by atoms with Gasteiger partial charge in [-0.25, -0.2) is 10.4 Å². The number of benzene rings is 1. The number of hydrogen-bond acceptors (Lipinski definition) is 3. The normalized spacial score (nSPS) is 15.2. The molecule has 0 unspecified atom stereocenters. The van der Waals surface area contributed by atoms with Gasteiger partial charge in [-0.2, -0.15) is 5.10 Å². The van der Waals surface area contributed by atoms with E-state index in [0.717, 1.165) is 17.0 Å². The lowest BCUT2D eigenvalue weighted by Gasteiger charge is -2.08. The summed E-state index contributed by atoms with van der Waals surface area (Å²) >= 11 is 0. The number of rotatable bonds is 3. The van der Waals surface area contributed by atoms with Crippen LogP contribution < -0.4 is 5.43 Å². The molecule has 0 fully saturated rings. The highest BCUT2D eigenvalue weighted by molar-refractivity contribution is 6.02. The van der Waals surface area contributed by atoms with E-state index < -0.39 is 0 Å². The maximum Gasteiger partial charge on any atom is 0.240 e. The van der Waals surface area contributed by atoms with Gasteiger partial charge in [-0.05, 0) is 23.8 Å². The largest absolute Gasteiger partial charge is 0.306 e. The Morgan fingerprint density at radius 2 is 2.00 bits per heavy atom. The molecule has 2 aromatic rings. The molecule has 0 bridgehead atoms. The Bertz CT molecular complexity index is 654. The van der Waals surface area contributed by atoms with E-state index in [-0.39, 0.29) is 5.91 Å². The third-order valence-corrected chi connectivity index (χ3v) is 3.10. The van der Waals surface area contributed by atoms with Crippen LogP contribution in [0.25, 0.3) is 11.8 Å². The Morgan fingerprint density at radius 1 is 1.15 bits per heavy atom. The van der Waals surface area contributed by atoms with Gasteiger partial charge < -0.3 is 4.57 Å². The SMILES string of the molecule is O=C1CCC(/C=C/c2ccc(-n3ccnc3)cc2)=NN1. The second-order valence-corrected chi connectivity index (χ2v) is 4.53. The summed E-state index contributed by atoms with van der Waals surface area (Å²) < 4.78 is 1.95. The summed E-state index contributed by atoms with van der Waals surface area (Å²) in [5.74, 6) is -0.0214. The number of amides is 1. The molecule has 3 rings (SSSR count). The molecule has 1 amide bonds. The topological polar surface area (TPSA) is 59.3 Å². The van der Waals surface area contributed by atoms with Crippen molar-refractivity contribution in [1.29, 1.82) is 0 Å². The van der Waals surface area contributed by atoms with Crippen LogP contribution in [0.5, 0.6) is 0 Å². The van der Waals surface area contributed by atoms with Gasteiger partial charge in [-0.1, -0.05) is 18.2 Å². The van der Waals surface area contributed by atoms with E-state index in [1.807, 2.05) is 47.2 Å². The van der Waals surface area contributed by atoms with Gasteiger partial charge in [0.1, 0.15) is 0 Å². The molecule has 0 saturated heterocycles. The smallest absolute Gasteiger partial charge is 0.240 e. The van der Waals surface area contributed by atoms with Gasteiger partial charge in [-0.3, -0.25) is 4.79 Å². The number of nitrogens with one attached hydrogen (secondary N) is 1. The van der Waals surface area contributed by atoms with Crippen LogP contribution in [0.15, 0.2) is 54.2 Å². The van der Waals surface area contributed by atoms with Crippen molar-refractivity contribution in [2.24, 2.45) is 5.10 Å². The first-order valence-electron chi connectivity index (χ1n) is 6.43. The molecule has 20 heavy (non-hydrogen) atoms. The number of carbonyl (C=O) groups excluding carboxylic acids is 1. The lowest BCUT2D eigenvalue weighted by Crippen LogP contribution is -2.24. The quantitative estimate of drug-likeness (QED) is 0.925. The molecule has 1 aliphatic heterocycles. The van der Waals surface area contributed by atoms with Crippen LogP contribution in [0.3, 0.4) is 0 Å². The second-order valence-electron chi connectivity index (χ2n) is 4.53. The first-order chi connectivity index (χ1) is 9.81. The van der Waals surface area contributed by atoms with Crippen molar-refractivity contribution in [1.82, 2.24) is 15.0 Å². The first-order valence-corrected chi connectivity index (χ1v) is 6.43. The Hall–Kier alpha value is -2.69. The summed E-state index contributed by atoms with van der Waals surface area (Å²) in [5, 5.41) is 4.00. The maximum absolute atomic E-state index is 11.0. The van der Waals surface area contributed by atoms with Gasteiger partial charge in [0.2, 0.25) is 5.91 Å². The minimum Gasteiger partial charge on any atom is -0.306 e. The van der Waals surface area contributed by atoms with E-state index in [2.05, 4.69) is 15.5 Å². The predicted molar refractivity (Wildman–Crippen MR) is 77.4 cm³/mol. The second kappa shape index (κ2) is 5.52. The van der Waals surface area contributed by atoms with Crippen molar-refractivity contribution >= 4 is 17.7 Å². The van der Waals surface area contributed by atoms with Crippen molar-refractivity contribution < 1.29 is 4.79 Å². The zero-order chi connectivity index (χ0) is 13.8. The fraction of sp³-hybridized carbons (Fsp3) is 0.133. The predicted octanol–water partition coefficient (Wildman–Crippen LogP) is 2.15. The Balaban J connectivity index is 1.71. The average molecular weight is 266 g/mol. The molecule has 2 heterocycles. The van der Waals surface area contributed by atoms with Crippen molar-refractivity contribution in [3.63, 3.8) is 0 Å². The van der Waals surface area contributed by atoms with Gasteiger partial charge in [0, 0.05) is 30.9 Å². The molecule has 0 radical (unpaired) electrons. The number of hydrogen-bond donors (Lipinski definition) is 1. The molecule has 0 spiro atoms. The molecule has 0 saturated carbocycles. The molecule has 1 N–H and O–H groups in total. The fourth-order valence-corrected chi connectivity index (χ4v) is 1.97. The van der Waals surface area contributed by atoms with E-state index >= 15 is 0 Å². The van der Waals surface area contributed by atoms with Crippen LogP contribution in [0.1, 0.15) is 18.4 Å². The van der Waals surface area contributed by atoms with Crippen molar-refractivity contribution in [2.45, 2.75) is 12.8 Å². The highest BCUT2D eigenvalue weighted by Crippen LogP contribution is 2.11. The number of carbonyl (C=O) groups is 1. The molecule has 100 valence electrons. The van der Waals surface area contributed by atoms with Gasteiger partial charge in [0.15, 0.2) is 0 Å². The zero-order valence-corrected chi connectivity index (χ0v) is 10.9. The summed E-state index contributed by atoms with van der Waals surface area (Å²) in [6.45, 7) is 0. The maximum atomic E-state index is 11.0. The molecule has 5 heteroatoms. The third-order valence-electron chi connectivity index (χ3n) is 3.10. The number of nitrogens with zero attached hydrogens (tertiary/aromatic N) is 3. The Morgan fingerprint density at radius 3 is 2.65 bits per heavy atom. The lowest BCUT2D eigenvalue weighted by atomic mass is 10.1. The molecular weight excluding hydrogens is 252 g/mol. The number of aromatic nitrogens is 2. The number of imidazole rings is 1. The minimum absolute atomic E-state index is 0.0214. The Kier molecular flexibility index (Phi) is 3.41. The van der Waals surface area contributed by atoms with Gasteiger partial charge in [0.05, 0.1) is 12.0 Å². The van der Waals surface area contributed by atoms with Gasteiger partial charge >= 0.3 is 0 Å². The third kappa shape index (κ3) is 2.83. The molecular formula is C15H14N4O. The Labute approximate surface area is 116 Å². The zero-order valence-electron chi connectivity index (χ0n) is 10.9. The lowest BCUT2D eigenvalue weighted by molar-refractivity contribution is -0.121. The summed E-state index contributed by atoms with van der Waals surface area (Å²) in [6.07, 6.45) is 10.6. The first kappa shape index (κ1) is 12.3. The molecule has 1 aromatic heterocycles. The monoisotopic (exact) mass is 266 g/mol. The van der Waals surface area contributed by atoms with Crippen LogP contribution in [0.4, 0.5) is 0 Å². The summed E-state index contributed by atoms with van der Waals surface area (Å²) in [7, 11) is 0. The van der Waals surface area contributed by atoms with E-state index in [1.165, 1.54) is 0 Å². The summed E-state index contributed by atoms with van der Waals surface area (Å²) in [6, 6.07) is 8.14. The van der Waals surface area contributed by atoms with Gasteiger partial charge in [0.25, 0.3) is 0 Å². The average Bonchev–Trinajstić information content (AvgIpc) is 3.01. The van der Waals surface area contributed by atoms with E-state index in [1.54, 1.807) is 12.5 Å². The van der Waals surface area contributed by atoms with Crippen LogP contribution >= 0.6 is 0 Å². The molecule has 1 aliphatic rings. The number of allylic oxidation sites excluding steroid dienone is 1. The van der Waals surface area contributed by atoms with Crippen molar-refractivity contribution in [3.05, 3.63) is 54.6 Å². The van der Waals surface area contributed by atoms with Crippen LogP contribution in [-0.4, -0.2) is 21.2 Å². The van der Waals surface area contributed by atoms with E-state index in [0.29, 0.717) is 12.8 Å². The van der Waals surface area contributed by atoms with Crippen molar-refractivity contribution in [3.8, 4) is 5.69 Å². The highest BCUT2D eigenvalue weighted by Gasteiger charge is 2.08. The number of hydrazone groups is 1. The van der Waals surface area contributed by atoms with Gasteiger partial charge in [-0.15, -0.1) is 0 Å². The standard InChI is InChI=1S/C15H14N4O/c20-15-8-5-13(17-18-15)4-1-12-2-6-14(7-3-12)19-10-9-16-11-19/h1-4,6-7,9-11H,5,8H2,(H,18,20)/b4-1+. The summed E-state index contributed by atoms with van der Waals surface area (Å²) in [5.41, 5.74) is 5.54. The van der Waals surface area contributed by atoms with E-state index in [4.69, 9.17) is 0 Å². The van der Waals surface area contributed by atoms with Crippen molar-refractivity contribution in [2.75, 3.05) is 0 Å². The highest BCUT2D eigenvalue weighted by atomic mass is 16.2. The molecule has 5 nitrogen and oxygen atoms in total. The minimum atomic E-state index is -0.0214. The van der Waals surface area contributed by atoms with Crippen LogP contribution in [0.2, 0.25) is 0 Å². The molecule has 1 aromatic carbocycles. The summed E-state index contributed by atoms with van der Waals surface area (Å²) in [4.78, 5) is 15.0.